The normalized spacial score (nSPS) is 14.7. The van der Waals surface area contributed by atoms with Crippen LogP contribution in [-0.4, -0.2) is 6.21 Å². The molecule has 0 bridgehead atoms. The molecular weight excluding hydrogens is 202 g/mol. The summed E-state index contributed by atoms with van der Waals surface area (Å²) in [7, 11) is 0. The Hall–Kier alpha value is -1.59. The van der Waals surface area contributed by atoms with Gasteiger partial charge in [0.1, 0.15) is 0 Å². The van der Waals surface area contributed by atoms with Crippen molar-refractivity contribution in [2.75, 3.05) is 0 Å². The number of hydrogen-bond donors (Lipinski definition) is 0. The van der Waals surface area contributed by atoms with Gasteiger partial charge in [0.25, 0.3) is 0 Å². The van der Waals surface area contributed by atoms with E-state index in [0.717, 1.165) is 12.0 Å². The number of aliphatic imine (C=N–C) groups is 1. The predicted molar refractivity (Wildman–Crippen MR) is 66.9 cm³/mol. The zero-order valence-electron chi connectivity index (χ0n) is 8.53. The van der Waals surface area contributed by atoms with Crippen LogP contribution in [0.25, 0.3) is 5.57 Å². The Morgan fingerprint density at radius 3 is 3.13 bits per heavy atom. The van der Waals surface area contributed by atoms with Crippen LogP contribution >= 0.6 is 11.3 Å². The molecule has 1 nitrogen and oxygen atoms in total. The molecule has 1 aliphatic heterocycles. The van der Waals surface area contributed by atoms with Gasteiger partial charge in [-0.05, 0) is 30.4 Å². The summed E-state index contributed by atoms with van der Waals surface area (Å²) in [4.78, 5) is 5.54. The third-order valence-corrected chi connectivity index (χ3v) is 3.04. The molecule has 0 saturated carbocycles. The largest absolute Gasteiger partial charge is 0.263 e. The third-order valence-electron chi connectivity index (χ3n) is 2.09. The molecule has 0 aromatic carbocycles. The Morgan fingerprint density at radius 2 is 2.40 bits per heavy atom. The van der Waals surface area contributed by atoms with E-state index in [-0.39, 0.29) is 0 Å². The summed E-state index contributed by atoms with van der Waals surface area (Å²) < 4.78 is 0. The minimum atomic E-state index is 0.907. The van der Waals surface area contributed by atoms with Crippen molar-refractivity contribution in [1.82, 2.24) is 0 Å². The van der Waals surface area contributed by atoms with Crippen molar-refractivity contribution in [2.24, 2.45) is 4.99 Å². The molecule has 0 N–H and O–H groups in total. The van der Waals surface area contributed by atoms with Crippen molar-refractivity contribution in [3.05, 3.63) is 40.2 Å². The summed E-state index contributed by atoms with van der Waals surface area (Å²) >= 11 is 1.75. The first-order valence-electron chi connectivity index (χ1n) is 4.79. The lowest BCUT2D eigenvalue weighted by Crippen LogP contribution is -1.78. The summed E-state index contributed by atoms with van der Waals surface area (Å²) in [5.41, 5.74) is 2.26. The molecular formula is C13H11NS. The van der Waals surface area contributed by atoms with Gasteiger partial charge in [0, 0.05) is 22.9 Å². The number of thiophene rings is 1. The number of hydrogen-bond acceptors (Lipinski definition) is 2. The maximum atomic E-state index is 4.26. The van der Waals surface area contributed by atoms with E-state index in [0.29, 0.717) is 0 Å². The molecule has 0 unspecified atom stereocenters. The molecule has 0 aliphatic carbocycles. The number of nitrogens with zero attached hydrogens (tertiary/aromatic N) is 1. The summed E-state index contributed by atoms with van der Waals surface area (Å²) in [6.45, 7) is 1.84. The maximum absolute atomic E-state index is 4.26. The second-order valence-corrected chi connectivity index (χ2v) is 4.10. The van der Waals surface area contributed by atoms with Gasteiger partial charge in [-0.1, -0.05) is 18.1 Å². The summed E-state index contributed by atoms with van der Waals surface area (Å²) in [5.74, 6) is 5.91. The molecule has 1 aromatic heterocycles. The third kappa shape index (κ3) is 2.45. The molecule has 0 atom stereocenters. The van der Waals surface area contributed by atoms with E-state index < -0.39 is 0 Å². The minimum absolute atomic E-state index is 0.907. The number of allylic oxidation sites excluding steroid dienone is 3. The van der Waals surface area contributed by atoms with Gasteiger partial charge in [0.15, 0.2) is 0 Å². The van der Waals surface area contributed by atoms with Crippen LogP contribution in [0, 0.1) is 11.8 Å². The second kappa shape index (κ2) is 4.77. The van der Waals surface area contributed by atoms with Crippen molar-refractivity contribution in [3.8, 4) is 11.8 Å². The monoisotopic (exact) mass is 213 g/mol. The van der Waals surface area contributed by atoms with Gasteiger partial charge < -0.3 is 0 Å². The van der Waals surface area contributed by atoms with Gasteiger partial charge in [-0.3, -0.25) is 4.99 Å². The van der Waals surface area contributed by atoms with Crippen LogP contribution < -0.4 is 0 Å². The molecule has 0 radical (unpaired) electrons. The smallest absolute Gasteiger partial charge is 0.0421 e. The van der Waals surface area contributed by atoms with E-state index in [9.17, 15) is 0 Å². The van der Waals surface area contributed by atoms with Gasteiger partial charge in [-0.25, -0.2) is 0 Å². The fourth-order valence-electron chi connectivity index (χ4n) is 1.39. The van der Waals surface area contributed by atoms with Crippen LogP contribution in [0.15, 0.2) is 40.4 Å². The molecule has 0 saturated heterocycles. The molecule has 2 heteroatoms. The minimum Gasteiger partial charge on any atom is -0.263 e. The van der Waals surface area contributed by atoms with Crippen LogP contribution in [0.3, 0.4) is 0 Å². The summed E-state index contributed by atoms with van der Waals surface area (Å²) in [6, 6.07) is 4.18. The highest BCUT2D eigenvalue weighted by molar-refractivity contribution is 7.11. The quantitative estimate of drug-likeness (QED) is 0.633. The van der Waals surface area contributed by atoms with Crippen LogP contribution in [0.2, 0.25) is 0 Å². The lowest BCUT2D eigenvalue weighted by molar-refractivity contribution is 1.40. The zero-order chi connectivity index (χ0) is 10.5. The molecule has 0 fully saturated rings. The molecule has 15 heavy (non-hydrogen) atoms. The lowest BCUT2D eigenvalue weighted by Gasteiger charge is -1.97. The lowest BCUT2D eigenvalue weighted by atomic mass is 10.1. The summed E-state index contributed by atoms with van der Waals surface area (Å²) in [6.07, 6.45) is 6.77. The average Bonchev–Trinajstić information content (AvgIpc) is 2.67. The predicted octanol–water partition coefficient (Wildman–Crippen LogP) is 3.51. The molecule has 1 aromatic rings. The van der Waals surface area contributed by atoms with Gasteiger partial charge >= 0.3 is 0 Å². The Balaban J connectivity index is 2.23. The summed E-state index contributed by atoms with van der Waals surface area (Å²) in [5, 5.41) is 2.08. The van der Waals surface area contributed by atoms with E-state index in [1.165, 1.54) is 10.5 Å². The van der Waals surface area contributed by atoms with Crippen molar-refractivity contribution >= 4 is 23.1 Å². The Labute approximate surface area is 93.9 Å². The van der Waals surface area contributed by atoms with E-state index >= 15 is 0 Å². The van der Waals surface area contributed by atoms with Crippen LogP contribution in [0.1, 0.15) is 18.2 Å². The first kappa shape index (κ1) is 9.95. The fraction of sp³-hybridized carbons (Fsp3) is 0.154. The Bertz CT molecular complexity index is 478. The second-order valence-electron chi connectivity index (χ2n) is 3.15. The SMILES string of the molecule is CC#CC1=CCC(c2cccs2)=CN=C1. The highest BCUT2D eigenvalue weighted by Gasteiger charge is 2.03. The molecule has 0 spiro atoms. The van der Waals surface area contributed by atoms with Crippen LogP contribution in [-0.2, 0) is 0 Å². The van der Waals surface area contributed by atoms with Gasteiger partial charge in [-0.2, -0.15) is 0 Å². The van der Waals surface area contributed by atoms with E-state index in [2.05, 4.69) is 40.4 Å². The van der Waals surface area contributed by atoms with Crippen molar-refractivity contribution < 1.29 is 0 Å². The topological polar surface area (TPSA) is 12.4 Å². The highest BCUT2D eigenvalue weighted by atomic mass is 32.1. The van der Waals surface area contributed by atoms with E-state index in [4.69, 9.17) is 0 Å². The maximum Gasteiger partial charge on any atom is 0.0421 e. The van der Waals surface area contributed by atoms with Crippen LogP contribution in [0.4, 0.5) is 0 Å². The van der Waals surface area contributed by atoms with Gasteiger partial charge in [0.2, 0.25) is 0 Å². The first-order valence-corrected chi connectivity index (χ1v) is 5.67. The van der Waals surface area contributed by atoms with Crippen LogP contribution in [0.5, 0.6) is 0 Å². The molecule has 0 amide bonds. The Morgan fingerprint density at radius 1 is 1.47 bits per heavy atom. The van der Waals surface area contributed by atoms with E-state index in [1.54, 1.807) is 11.3 Å². The van der Waals surface area contributed by atoms with Crippen molar-refractivity contribution in [2.45, 2.75) is 13.3 Å². The number of rotatable bonds is 1. The Kier molecular flexibility index (Phi) is 3.16. The first-order chi connectivity index (χ1) is 7.40. The van der Waals surface area contributed by atoms with Crippen molar-refractivity contribution in [1.29, 1.82) is 0 Å². The van der Waals surface area contributed by atoms with E-state index in [1.807, 2.05) is 19.3 Å². The highest BCUT2D eigenvalue weighted by Crippen LogP contribution is 2.25. The van der Waals surface area contributed by atoms with Gasteiger partial charge in [0.05, 0.1) is 0 Å². The van der Waals surface area contributed by atoms with Gasteiger partial charge in [-0.15, -0.1) is 17.3 Å². The molecule has 2 rings (SSSR count). The molecule has 1 aliphatic rings. The zero-order valence-corrected chi connectivity index (χ0v) is 9.34. The standard InChI is InChI=1S/C13H11NS/c1-2-4-11-6-7-12(10-14-9-11)13-5-3-8-15-13/h3,5-6,8-10H,7H2,1H3. The molecule has 74 valence electrons. The van der Waals surface area contributed by atoms with Crippen molar-refractivity contribution in [3.63, 3.8) is 0 Å². The average molecular weight is 213 g/mol. The molecule has 2 heterocycles. The fourth-order valence-corrected chi connectivity index (χ4v) is 2.13.